The zero-order valence-corrected chi connectivity index (χ0v) is 19.0. The topological polar surface area (TPSA) is 64.6 Å². The molecule has 2 aromatic rings. The van der Waals surface area contributed by atoms with Gasteiger partial charge in [-0.15, -0.1) is 0 Å². The number of ether oxygens (including phenoxy) is 7. The van der Waals surface area contributed by atoms with E-state index in [1.807, 2.05) is 6.07 Å². The Morgan fingerprint density at radius 1 is 0.844 bits per heavy atom. The van der Waals surface area contributed by atoms with Gasteiger partial charge in [0.2, 0.25) is 5.75 Å². The van der Waals surface area contributed by atoms with Gasteiger partial charge in [0.25, 0.3) is 0 Å². The van der Waals surface area contributed by atoms with Crippen LogP contribution in [0.1, 0.15) is 47.1 Å². The van der Waals surface area contributed by atoms with Crippen LogP contribution in [0.25, 0.3) is 11.1 Å². The average Bonchev–Trinajstić information content (AvgIpc) is 3.26. The van der Waals surface area contributed by atoms with Gasteiger partial charge in [0.05, 0.1) is 54.4 Å². The molecule has 0 radical (unpaired) electrons. The van der Waals surface area contributed by atoms with E-state index < -0.39 is 0 Å². The van der Waals surface area contributed by atoms with Crippen LogP contribution >= 0.6 is 0 Å². The summed E-state index contributed by atoms with van der Waals surface area (Å²) >= 11 is 0. The Kier molecular flexibility index (Phi) is 6.24. The number of fused-ring (bicyclic) bond motifs is 5. The summed E-state index contributed by atoms with van der Waals surface area (Å²) in [5.74, 6) is 1.85. The molecule has 3 heterocycles. The predicted octanol–water partition coefficient (Wildman–Crippen LogP) is 4.48. The first-order valence-electron chi connectivity index (χ1n) is 11.1. The van der Waals surface area contributed by atoms with Crippen LogP contribution in [0, 0.1) is 0 Å². The summed E-state index contributed by atoms with van der Waals surface area (Å²) in [7, 11) is 4.91. The molecule has 3 aliphatic heterocycles. The van der Waals surface area contributed by atoms with Crippen LogP contribution in [0.15, 0.2) is 12.1 Å². The SMILES string of the molecule is COc1cc2c(c(OC)c1OC)-c1cc(COC3CCCCO3)c3c(c1COC2)COC3. The van der Waals surface area contributed by atoms with Crippen molar-refractivity contribution in [1.82, 2.24) is 0 Å². The molecule has 1 unspecified atom stereocenters. The van der Waals surface area contributed by atoms with E-state index in [2.05, 4.69) is 6.07 Å². The Bertz CT molecular complexity index is 995. The number of methoxy groups -OCH3 is 3. The van der Waals surface area contributed by atoms with E-state index in [4.69, 9.17) is 33.2 Å². The Labute approximate surface area is 188 Å². The molecule has 0 bridgehead atoms. The van der Waals surface area contributed by atoms with Crippen molar-refractivity contribution in [2.45, 2.75) is 58.6 Å². The number of rotatable bonds is 6. The predicted molar refractivity (Wildman–Crippen MR) is 117 cm³/mol. The largest absolute Gasteiger partial charge is 0.493 e. The Balaban J connectivity index is 1.63. The molecule has 0 spiro atoms. The Hall–Kier alpha value is -2.32. The van der Waals surface area contributed by atoms with Gasteiger partial charge in [0.15, 0.2) is 17.8 Å². The second-order valence-electron chi connectivity index (χ2n) is 8.29. The van der Waals surface area contributed by atoms with Gasteiger partial charge >= 0.3 is 0 Å². The van der Waals surface area contributed by atoms with Crippen molar-refractivity contribution in [2.75, 3.05) is 27.9 Å². The third-order valence-corrected chi connectivity index (χ3v) is 6.50. The van der Waals surface area contributed by atoms with Crippen LogP contribution in [0.4, 0.5) is 0 Å². The summed E-state index contributed by atoms with van der Waals surface area (Å²) in [6, 6.07) is 4.18. The zero-order valence-electron chi connectivity index (χ0n) is 19.0. The number of hydrogen-bond donors (Lipinski definition) is 0. The summed E-state index contributed by atoms with van der Waals surface area (Å²) < 4.78 is 41.0. The molecular weight excluding hydrogens is 412 g/mol. The highest BCUT2D eigenvalue weighted by Crippen LogP contribution is 2.50. The van der Waals surface area contributed by atoms with Crippen LogP contribution in [-0.2, 0) is 52.0 Å². The summed E-state index contributed by atoms with van der Waals surface area (Å²) in [6.07, 6.45) is 3.03. The molecule has 1 atom stereocenters. The van der Waals surface area contributed by atoms with Gasteiger partial charge < -0.3 is 33.2 Å². The molecule has 0 N–H and O–H groups in total. The van der Waals surface area contributed by atoms with Crippen molar-refractivity contribution in [2.24, 2.45) is 0 Å². The molecule has 7 heteroatoms. The summed E-state index contributed by atoms with van der Waals surface area (Å²) in [4.78, 5) is 0. The van der Waals surface area contributed by atoms with Gasteiger partial charge in [-0.05, 0) is 64.8 Å². The van der Waals surface area contributed by atoms with E-state index in [1.54, 1.807) is 21.3 Å². The van der Waals surface area contributed by atoms with E-state index in [0.717, 1.165) is 53.7 Å². The van der Waals surface area contributed by atoms with Crippen LogP contribution in [0.3, 0.4) is 0 Å². The summed E-state index contributed by atoms with van der Waals surface area (Å²) in [6.45, 7) is 3.37. The first-order valence-corrected chi connectivity index (χ1v) is 11.1. The highest BCUT2D eigenvalue weighted by Gasteiger charge is 2.30. The minimum Gasteiger partial charge on any atom is -0.493 e. The fourth-order valence-corrected chi connectivity index (χ4v) is 4.92. The van der Waals surface area contributed by atoms with Crippen molar-refractivity contribution < 1.29 is 33.2 Å². The lowest BCUT2D eigenvalue weighted by Crippen LogP contribution is -2.22. The summed E-state index contributed by atoms with van der Waals surface area (Å²) in [5, 5.41) is 0. The average molecular weight is 443 g/mol. The van der Waals surface area contributed by atoms with E-state index in [-0.39, 0.29) is 6.29 Å². The van der Waals surface area contributed by atoms with Gasteiger partial charge in [0.1, 0.15) is 0 Å². The molecule has 5 rings (SSSR count). The van der Waals surface area contributed by atoms with Gasteiger partial charge in [-0.3, -0.25) is 0 Å². The molecule has 1 fully saturated rings. The normalized spacial score (nSPS) is 19.5. The monoisotopic (exact) mass is 442 g/mol. The maximum atomic E-state index is 6.16. The highest BCUT2D eigenvalue weighted by atomic mass is 16.7. The summed E-state index contributed by atoms with van der Waals surface area (Å²) in [5.41, 5.74) is 7.70. The molecule has 7 nitrogen and oxygen atoms in total. The maximum Gasteiger partial charge on any atom is 0.203 e. The highest BCUT2D eigenvalue weighted by molar-refractivity contribution is 5.83. The van der Waals surface area contributed by atoms with Crippen molar-refractivity contribution in [3.63, 3.8) is 0 Å². The molecule has 0 aliphatic carbocycles. The fraction of sp³-hybridized carbons (Fsp3) is 0.520. The molecular formula is C25H30O7. The first kappa shape index (κ1) is 21.5. The van der Waals surface area contributed by atoms with Gasteiger partial charge in [-0.1, -0.05) is 0 Å². The van der Waals surface area contributed by atoms with E-state index in [9.17, 15) is 0 Å². The van der Waals surface area contributed by atoms with Crippen LogP contribution < -0.4 is 14.2 Å². The van der Waals surface area contributed by atoms with Crippen molar-refractivity contribution in [1.29, 1.82) is 0 Å². The molecule has 0 aromatic heterocycles. The van der Waals surface area contributed by atoms with Gasteiger partial charge in [-0.25, -0.2) is 0 Å². The third kappa shape index (κ3) is 3.73. The zero-order chi connectivity index (χ0) is 22.1. The van der Waals surface area contributed by atoms with Gasteiger partial charge in [-0.2, -0.15) is 0 Å². The lowest BCUT2D eigenvalue weighted by Gasteiger charge is -2.24. The second-order valence-corrected chi connectivity index (χ2v) is 8.29. The minimum absolute atomic E-state index is 0.143. The van der Waals surface area contributed by atoms with Gasteiger partial charge in [0, 0.05) is 12.2 Å². The van der Waals surface area contributed by atoms with E-state index in [0.29, 0.717) is 50.3 Å². The fourth-order valence-electron chi connectivity index (χ4n) is 4.92. The molecule has 0 saturated carbocycles. The standard InChI is InChI=1S/C25H30O7/c1-26-21-9-16-10-29-13-19-17(23(16)25(28-3)24(21)27-2)8-15(18-12-30-14-20(18)19)11-32-22-6-4-5-7-31-22/h8-9,22H,4-7,10-14H2,1-3H3. The lowest BCUT2D eigenvalue weighted by atomic mass is 9.88. The molecule has 1 saturated heterocycles. The Morgan fingerprint density at radius 2 is 1.62 bits per heavy atom. The minimum atomic E-state index is -0.143. The molecule has 172 valence electrons. The van der Waals surface area contributed by atoms with Crippen molar-refractivity contribution in [3.8, 4) is 28.4 Å². The van der Waals surface area contributed by atoms with Crippen LogP contribution in [-0.4, -0.2) is 34.2 Å². The van der Waals surface area contributed by atoms with E-state index >= 15 is 0 Å². The number of hydrogen-bond acceptors (Lipinski definition) is 7. The molecule has 32 heavy (non-hydrogen) atoms. The lowest BCUT2D eigenvalue weighted by molar-refractivity contribution is -0.169. The molecule has 0 amide bonds. The quantitative estimate of drug-likeness (QED) is 0.653. The first-order chi connectivity index (χ1) is 15.7. The van der Waals surface area contributed by atoms with Crippen molar-refractivity contribution in [3.05, 3.63) is 39.9 Å². The third-order valence-electron chi connectivity index (χ3n) is 6.50. The second kappa shape index (κ2) is 9.27. The maximum absolute atomic E-state index is 6.16. The van der Waals surface area contributed by atoms with Crippen LogP contribution in [0.2, 0.25) is 0 Å². The van der Waals surface area contributed by atoms with Crippen molar-refractivity contribution >= 4 is 0 Å². The Morgan fingerprint density at radius 3 is 2.38 bits per heavy atom. The smallest absolute Gasteiger partial charge is 0.203 e. The van der Waals surface area contributed by atoms with Crippen LogP contribution in [0.5, 0.6) is 17.2 Å². The molecule has 3 aliphatic rings. The number of benzene rings is 2. The van der Waals surface area contributed by atoms with E-state index in [1.165, 1.54) is 11.1 Å². The molecule has 2 aromatic carbocycles.